The lowest BCUT2D eigenvalue weighted by molar-refractivity contribution is 0.146. The van der Waals surface area contributed by atoms with Crippen molar-refractivity contribution in [2.24, 2.45) is 0 Å². The van der Waals surface area contributed by atoms with Gasteiger partial charge in [-0.1, -0.05) is 23.7 Å². The molecule has 0 unspecified atom stereocenters. The number of methoxy groups -OCH3 is 1. The van der Waals surface area contributed by atoms with Gasteiger partial charge in [-0.25, -0.2) is 0 Å². The maximum Gasteiger partial charge on any atom is 0.119 e. The molecular formula is C17H17ClN2O2. The maximum absolute atomic E-state index is 8.86. The summed E-state index contributed by atoms with van der Waals surface area (Å²) in [6.07, 6.45) is 0. The van der Waals surface area contributed by atoms with Gasteiger partial charge in [0.25, 0.3) is 0 Å². The zero-order chi connectivity index (χ0) is 15.8. The molecule has 2 aromatic rings. The molecule has 5 heteroatoms. The first kappa shape index (κ1) is 16.2. The van der Waals surface area contributed by atoms with Crippen LogP contribution >= 0.6 is 11.6 Å². The van der Waals surface area contributed by atoms with Crippen LogP contribution in [0.25, 0.3) is 0 Å². The molecular weight excluding hydrogens is 300 g/mol. The Hall–Kier alpha value is -2.22. The van der Waals surface area contributed by atoms with E-state index >= 15 is 0 Å². The van der Waals surface area contributed by atoms with Crippen molar-refractivity contribution in [1.82, 2.24) is 0 Å². The van der Waals surface area contributed by atoms with Crippen molar-refractivity contribution in [1.29, 1.82) is 5.26 Å². The Morgan fingerprint density at radius 3 is 2.77 bits per heavy atom. The summed E-state index contributed by atoms with van der Waals surface area (Å²) in [7, 11) is 1.65. The van der Waals surface area contributed by atoms with Crippen molar-refractivity contribution in [2.75, 3.05) is 25.6 Å². The summed E-state index contributed by atoms with van der Waals surface area (Å²) in [4.78, 5) is 0. The van der Waals surface area contributed by atoms with Crippen molar-refractivity contribution in [3.8, 4) is 11.8 Å². The molecule has 0 fully saturated rings. The highest BCUT2D eigenvalue weighted by atomic mass is 35.5. The molecule has 0 spiro atoms. The monoisotopic (exact) mass is 316 g/mol. The zero-order valence-electron chi connectivity index (χ0n) is 12.3. The molecule has 1 N–H and O–H groups in total. The number of nitriles is 1. The maximum atomic E-state index is 8.86. The molecule has 2 rings (SSSR count). The van der Waals surface area contributed by atoms with Crippen molar-refractivity contribution in [3.63, 3.8) is 0 Å². The van der Waals surface area contributed by atoms with Gasteiger partial charge in [0.15, 0.2) is 0 Å². The number of anilines is 1. The van der Waals surface area contributed by atoms with Gasteiger partial charge in [-0.15, -0.1) is 0 Å². The third kappa shape index (κ3) is 4.66. The molecule has 0 heterocycles. The second-order valence-corrected chi connectivity index (χ2v) is 5.06. The van der Waals surface area contributed by atoms with Crippen molar-refractivity contribution >= 4 is 17.3 Å². The third-order valence-electron chi connectivity index (χ3n) is 3.04. The molecule has 0 aromatic heterocycles. The van der Waals surface area contributed by atoms with Gasteiger partial charge in [0, 0.05) is 19.3 Å². The Labute approximate surface area is 135 Å². The van der Waals surface area contributed by atoms with Crippen LogP contribution in [0.1, 0.15) is 11.1 Å². The van der Waals surface area contributed by atoms with Crippen molar-refractivity contribution < 1.29 is 9.47 Å². The second-order valence-electron chi connectivity index (χ2n) is 4.65. The van der Waals surface area contributed by atoms with Crippen LogP contribution < -0.4 is 10.1 Å². The first-order chi connectivity index (χ1) is 10.7. The summed E-state index contributed by atoms with van der Waals surface area (Å²) in [5.74, 6) is 0.814. The fourth-order valence-electron chi connectivity index (χ4n) is 1.91. The first-order valence-electron chi connectivity index (χ1n) is 6.87. The van der Waals surface area contributed by atoms with E-state index in [9.17, 15) is 0 Å². The number of rotatable bonds is 7. The molecule has 22 heavy (non-hydrogen) atoms. The number of nitrogens with one attached hydrogen (secondary N) is 1. The van der Waals surface area contributed by atoms with Gasteiger partial charge in [0.05, 0.1) is 17.2 Å². The van der Waals surface area contributed by atoms with Crippen molar-refractivity contribution in [2.45, 2.75) is 6.54 Å². The largest absolute Gasteiger partial charge is 0.491 e. The van der Waals surface area contributed by atoms with Crippen LogP contribution in [-0.2, 0) is 11.3 Å². The van der Waals surface area contributed by atoms with Gasteiger partial charge in [0.2, 0.25) is 0 Å². The minimum atomic E-state index is 0.448. The van der Waals surface area contributed by atoms with E-state index in [4.69, 9.17) is 26.3 Å². The Morgan fingerprint density at radius 1 is 1.18 bits per heavy atom. The molecule has 2 aromatic carbocycles. The van der Waals surface area contributed by atoms with E-state index in [1.165, 1.54) is 0 Å². The lowest BCUT2D eigenvalue weighted by Crippen LogP contribution is -2.05. The number of hydrogen-bond donors (Lipinski definition) is 1. The smallest absolute Gasteiger partial charge is 0.119 e. The summed E-state index contributed by atoms with van der Waals surface area (Å²) in [6, 6.07) is 15.2. The summed E-state index contributed by atoms with van der Waals surface area (Å²) >= 11 is 6.01. The molecule has 0 saturated heterocycles. The Bertz CT molecular complexity index is 668. The Balaban J connectivity index is 1.95. The second kappa shape index (κ2) is 8.28. The molecule has 0 amide bonds. The van der Waals surface area contributed by atoms with Gasteiger partial charge in [-0.05, 0) is 35.9 Å². The van der Waals surface area contributed by atoms with Crippen LogP contribution in [-0.4, -0.2) is 20.3 Å². The van der Waals surface area contributed by atoms with Gasteiger partial charge in [-0.2, -0.15) is 5.26 Å². The van der Waals surface area contributed by atoms with E-state index < -0.39 is 0 Å². The SMILES string of the molecule is COCCOc1cccc(CNc2ccc(C#N)c(Cl)c2)c1. The summed E-state index contributed by atoms with van der Waals surface area (Å²) in [5, 5.41) is 12.6. The molecule has 0 aliphatic rings. The highest BCUT2D eigenvalue weighted by molar-refractivity contribution is 6.32. The molecule has 0 aliphatic heterocycles. The number of halogens is 1. The molecule has 0 aliphatic carbocycles. The van der Waals surface area contributed by atoms with E-state index in [1.807, 2.05) is 36.4 Å². The third-order valence-corrected chi connectivity index (χ3v) is 3.35. The van der Waals surface area contributed by atoms with Crippen LogP contribution in [0.2, 0.25) is 5.02 Å². The van der Waals surface area contributed by atoms with Gasteiger partial charge in [-0.3, -0.25) is 0 Å². The standard InChI is InChI=1S/C17H17ClN2O2/c1-21-7-8-22-16-4-2-3-13(9-16)12-20-15-6-5-14(11-19)17(18)10-15/h2-6,9-10,20H,7-8,12H2,1H3. The molecule has 114 valence electrons. The molecule has 4 nitrogen and oxygen atoms in total. The average molecular weight is 317 g/mol. The van der Waals surface area contributed by atoms with Crippen LogP contribution in [0.5, 0.6) is 5.75 Å². The highest BCUT2D eigenvalue weighted by Gasteiger charge is 2.02. The summed E-state index contributed by atoms with van der Waals surface area (Å²) < 4.78 is 10.5. The van der Waals surface area contributed by atoms with E-state index in [0.717, 1.165) is 17.0 Å². The normalized spacial score (nSPS) is 10.0. The summed E-state index contributed by atoms with van der Waals surface area (Å²) in [6.45, 7) is 1.73. The molecule has 0 radical (unpaired) electrons. The highest BCUT2D eigenvalue weighted by Crippen LogP contribution is 2.21. The van der Waals surface area contributed by atoms with Gasteiger partial charge in [0.1, 0.15) is 18.4 Å². The predicted molar refractivity (Wildman–Crippen MR) is 87.3 cm³/mol. The minimum absolute atomic E-state index is 0.448. The predicted octanol–water partition coefficient (Wildman–Crippen LogP) is 3.85. The first-order valence-corrected chi connectivity index (χ1v) is 7.25. The van der Waals surface area contributed by atoms with Gasteiger partial charge < -0.3 is 14.8 Å². The zero-order valence-corrected chi connectivity index (χ0v) is 13.1. The topological polar surface area (TPSA) is 54.3 Å². The minimum Gasteiger partial charge on any atom is -0.491 e. The average Bonchev–Trinajstić information content (AvgIpc) is 2.54. The quantitative estimate of drug-likeness (QED) is 0.788. The fourth-order valence-corrected chi connectivity index (χ4v) is 2.13. The number of benzene rings is 2. The molecule has 0 atom stereocenters. The Morgan fingerprint density at radius 2 is 2.05 bits per heavy atom. The lowest BCUT2D eigenvalue weighted by atomic mass is 10.2. The van der Waals surface area contributed by atoms with E-state index in [2.05, 4.69) is 5.32 Å². The summed E-state index contributed by atoms with van der Waals surface area (Å²) in [5.41, 5.74) is 2.44. The number of nitrogens with zero attached hydrogens (tertiary/aromatic N) is 1. The fraction of sp³-hybridized carbons (Fsp3) is 0.235. The lowest BCUT2D eigenvalue weighted by Gasteiger charge is -2.10. The van der Waals surface area contributed by atoms with E-state index in [0.29, 0.717) is 30.3 Å². The van der Waals surface area contributed by atoms with Crippen LogP contribution in [0.4, 0.5) is 5.69 Å². The van der Waals surface area contributed by atoms with Gasteiger partial charge >= 0.3 is 0 Å². The van der Waals surface area contributed by atoms with Crippen molar-refractivity contribution in [3.05, 3.63) is 58.6 Å². The molecule has 0 saturated carbocycles. The Kier molecular flexibility index (Phi) is 6.08. The van der Waals surface area contributed by atoms with Crippen LogP contribution in [0.15, 0.2) is 42.5 Å². The van der Waals surface area contributed by atoms with Crippen LogP contribution in [0, 0.1) is 11.3 Å². The van der Waals surface area contributed by atoms with E-state index in [1.54, 1.807) is 19.2 Å². The molecule has 0 bridgehead atoms. The number of hydrogen-bond acceptors (Lipinski definition) is 4. The van der Waals surface area contributed by atoms with E-state index in [-0.39, 0.29) is 0 Å². The number of ether oxygens (including phenoxy) is 2. The van der Waals surface area contributed by atoms with Crippen LogP contribution in [0.3, 0.4) is 0 Å².